The van der Waals surface area contributed by atoms with Gasteiger partial charge in [-0.2, -0.15) is 5.26 Å². The van der Waals surface area contributed by atoms with E-state index in [9.17, 15) is 4.79 Å². The van der Waals surface area contributed by atoms with Gasteiger partial charge in [-0.05, 0) is 0 Å². The van der Waals surface area contributed by atoms with Gasteiger partial charge in [-0.1, -0.05) is 0 Å². The Morgan fingerprint density at radius 2 is 2.07 bits per heavy atom. The predicted molar refractivity (Wildman–Crippen MR) is 51.6 cm³/mol. The zero-order chi connectivity index (χ0) is 10.0. The van der Waals surface area contributed by atoms with Gasteiger partial charge in [0, 0.05) is 39.0 Å². The van der Waals surface area contributed by atoms with Gasteiger partial charge in [0.15, 0.2) is 0 Å². The summed E-state index contributed by atoms with van der Waals surface area (Å²) in [5.74, 6) is 0.362. The first kappa shape index (κ1) is 9.63. The van der Waals surface area contributed by atoms with Crippen molar-refractivity contribution in [2.45, 2.75) is 24.8 Å². The van der Waals surface area contributed by atoms with Crippen molar-refractivity contribution >= 4 is 5.78 Å². The number of likely N-dealkylation sites (tertiary alicyclic amines) is 1. The van der Waals surface area contributed by atoms with E-state index in [1.165, 1.54) is 0 Å². The van der Waals surface area contributed by atoms with Crippen LogP contribution in [0.3, 0.4) is 0 Å². The number of ketones is 1. The minimum Gasteiger partial charge on any atom is -0.313 e. The molecule has 0 aromatic carbocycles. The van der Waals surface area contributed by atoms with Gasteiger partial charge in [-0.15, -0.1) is 0 Å². The fraction of sp³-hybridized carbons (Fsp3) is 0.800. The standard InChI is InChI=1S/C10H15N3O/c11-4-3-10(7-12-8-10)13-5-1-9(14)2-6-13/h12H,1-3,5-8H2. The smallest absolute Gasteiger partial charge is 0.135 e. The van der Waals surface area contributed by atoms with Crippen molar-refractivity contribution in [1.82, 2.24) is 10.2 Å². The van der Waals surface area contributed by atoms with Crippen LogP contribution in [0.5, 0.6) is 0 Å². The number of hydrogen-bond acceptors (Lipinski definition) is 4. The van der Waals surface area contributed by atoms with Gasteiger partial charge in [-0.3, -0.25) is 9.69 Å². The molecule has 0 spiro atoms. The first-order chi connectivity index (χ1) is 6.77. The Morgan fingerprint density at radius 3 is 2.50 bits per heavy atom. The topological polar surface area (TPSA) is 56.1 Å². The summed E-state index contributed by atoms with van der Waals surface area (Å²) in [6, 6.07) is 2.25. The Hall–Kier alpha value is -0.920. The average Bonchev–Trinajstić information content (AvgIpc) is 2.13. The molecule has 4 nitrogen and oxygen atoms in total. The van der Waals surface area contributed by atoms with Crippen molar-refractivity contribution in [3.63, 3.8) is 0 Å². The monoisotopic (exact) mass is 193 g/mol. The zero-order valence-corrected chi connectivity index (χ0v) is 8.25. The third kappa shape index (κ3) is 1.54. The lowest BCUT2D eigenvalue weighted by Gasteiger charge is -2.50. The zero-order valence-electron chi connectivity index (χ0n) is 8.25. The Morgan fingerprint density at radius 1 is 1.43 bits per heavy atom. The molecule has 14 heavy (non-hydrogen) atoms. The molecule has 2 aliphatic rings. The molecule has 0 amide bonds. The van der Waals surface area contributed by atoms with Gasteiger partial charge < -0.3 is 5.32 Å². The number of piperidine rings is 1. The minimum atomic E-state index is 0.0372. The van der Waals surface area contributed by atoms with Gasteiger partial charge in [0.25, 0.3) is 0 Å². The molecule has 0 atom stereocenters. The molecular formula is C10H15N3O. The van der Waals surface area contributed by atoms with E-state index in [1.807, 2.05) is 0 Å². The van der Waals surface area contributed by atoms with E-state index >= 15 is 0 Å². The highest BCUT2D eigenvalue weighted by molar-refractivity contribution is 5.79. The maximum Gasteiger partial charge on any atom is 0.135 e. The molecule has 2 heterocycles. The van der Waals surface area contributed by atoms with E-state index < -0.39 is 0 Å². The molecule has 2 fully saturated rings. The van der Waals surface area contributed by atoms with Gasteiger partial charge in [0.1, 0.15) is 5.78 Å². The van der Waals surface area contributed by atoms with Crippen LogP contribution in [0.25, 0.3) is 0 Å². The third-order valence-corrected chi connectivity index (χ3v) is 3.31. The number of carbonyl (C=O) groups is 1. The third-order valence-electron chi connectivity index (χ3n) is 3.31. The van der Waals surface area contributed by atoms with Crippen molar-refractivity contribution in [3.05, 3.63) is 0 Å². The molecule has 0 saturated carbocycles. The van der Waals surface area contributed by atoms with Crippen molar-refractivity contribution in [1.29, 1.82) is 5.26 Å². The molecule has 0 unspecified atom stereocenters. The Labute approximate surface area is 83.9 Å². The minimum absolute atomic E-state index is 0.0372. The number of Topliss-reactive ketones (excluding diaryl/α,β-unsaturated/α-hetero) is 1. The van der Waals surface area contributed by atoms with Crippen molar-refractivity contribution in [2.24, 2.45) is 0 Å². The van der Waals surface area contributed by atoms with E-state index in [0.29, 0.717) is 25.0 Å². The Balaban J connectivity index is 1.99. The number of hydrogen-bond donors (Lipinski definition) is 1. The fourth-order valence-electron chi connectivity index (χ4n) is 2.25. The lowest BCUT2D eigenvalue weighted by Crippen LogP contribution is -2.69. The second kappa shape index (κ2) is 3.68. The lowest BCUT2D eigenvalue weighted by molar-refractivity contribution is -0.123. The SMILES string of the molecule is N#CCC1(N2CCC(=O)CC2)CNC1. The molecule has 2 rings (SSSR count). The predicted octanol–water partition coefficient (Wildman–Crippen LogP) is -0.0930. The summed E-state index contributed by atoms with van der Waals surface area (Å²) in [7, 11) is 0. The summed E-state index contributed by atoms with van der Waals surface area (Å²) in [4.78, 5) is 13.4. The largest absolute Gasteiger partial charge is 0.313 e. The van der Waals surface area contributed by atoms with Crippen LogP contribution < -0.4 is 5.32 Å². The van der Waals surface area contributed by atoms with Crippen molar-refractivity contribution in [3.8, 4) is 6.07 Å². The maximum atomic E-state index is 11.1. The summed E-state index contributed by atoms with van der Waals surface area (Å²) in [6.45, 7) is 3.47. The van der Waals surface area contributed by atoms with Gasteiger partial charge in [-0.25, -0.2) is 0 Å². The second-order valence-corrected chi connectivity index (χ2v) is 4.19. The molecule has 1 N–H and O–H groups in total. The van der Waals surface area contributed by atoms with E-state index in [4.69, 9.17) is 5.26 Å². The van der Waals surface area contributed by atoms with E-state index in [-0.39, 0.29) is 5.54 Å². The van der Waals surface area contributed by atoms with Crippen LogP contribution >= 0.6 is 0 Å². The molecular weight excluding hydrogens is 178 g/mol. The molecule has 0 radical (unpaired) electrons. The summed E-state index contributed by atoms with van der Waals surface area (Å²) >= 11 is 0. The highest BCUT2D eigenvalue weighted by atomic mass is 16.1. The van der Waals surface area contributed by atoms with Gasteiger partial charge in [0.2, 0.25) is 0 Å². The summed E-state index contributed by atoms with van der Waals surface area (Å²) in [5.41, 5.74) is 0.0372. The van der Waals surface area contributed by atoms with Crippen molar-refractivity contribution in [2.75, 3.05) is 26.2 Å². The number of nitrogens with zero attached hydrogens (tertiary/aromatic N) is 2. The van der Waals surface area contributed by atoms with Gasteiger partial charge in [0.05, 0.1) is 18.0 Å². The Bertz CT molecular complexity index is 268. The first-order valence-electron chi connectivity index (χ1n) is 5.11. The van der Waals surface area contributed by atoms with Crippen LogP contribution in [0.4, 0.5) is 0 Å². The quantitative estimate of drug-likeness (QED) is 0.665. The van der Waals surface area contributed by atoms with Crippen molar-refractivity contribution < 1.29 is 4.79 Å². The molecule has 0 aromatic heterocycles. The Kier molecular flexibility index (Phi) is 2.53. The fourth-order valence-corrected chi connectivity index (χ4v) is 2.25. The molecule has 2 aliphatic heterocycles. The molecule has 0 bridgehead atoms. The van der Waals surface area contributed by atoms with Crippen LogP contribution in [0.15, 0.2) is 0 Å². The molecule has 4 heteroatoms. The maximum absolute atomic E-state index is 11.1. The highest BCUT2D eigenvalue weighted by Crippen LogP contribution is 2.26. The number of nitriles is 1. The summed E-state index contributed by atoms with van der Waals surface area (Å²) in [6.07, 6.45) is 1.90. The van der Waals surface area contributed by atoms with Gasteiger partial charge >= 0.3 is 0 Å². The van der Waals surface area contributed by atoms with Crippen LogP contribution in [0.1, 0.15) is 19.3 Å². The van der Waals surface area contributed by atoms with E-state index in [2.05, 4.69) is 16.3 Å². The average molecular weight is 193 g/mol. The van der Waals surface area contributed by atoms with E-state index in [1.54, 1.807) is 0 Å². The molecule has 0 aromatic rings. The van der Waals surface area contributed by atoms with E-state index in [0.717, 1.165) is 26.2 Å². The first-order valence-corrected chi connectivity index (χ1v) is 5.11. The molecule has 0 aliphatic carbocycles. The van der Waals surface area contributed by atoms with Crippen LogP contribution in [0.2, 0.25) is 0 Å². The summed E-state index contributed by atoms with van der Waals surface area (Å²) in [5, 5.41) is 12.0. The summed E-state index contributed by atoms with van der Waals surface area (Å²) < 4.78 is 0. The number of nitrogens with one attached hydrogen (secondary N) is 1. The second-order valence-electron chi connectivity index (χ2n) is 4.19. The van der Waals surface area contributed by atoms with Crippen LogP contribution in [0, 0.1) is 11.3 Å². The molecule has 76 valence electrons. The highest BCUT2D eigenvalue weighted by Gasteiger charge is 2.43. The lowest BCUT2D eigenvalue weighted by atomic mass is 9.85. The normalized spacial score (nSPS) is 26.6. The number of rotatable bonds is 2. The number of carbonyl (C=O) groups excluding carboxylic acids is 1. The molecule has 2 saturated heterocycles. The van der Waals surface area contributed by atoms with Crippen LogP contribution in [-0.2, 0) is 4.79 Å². The van der Waals surface area contributed by atoms with Crippen LogP contribution in [-0.4, -0.2) is 42.4 Å².